The van der Waals surface area contributed by atoms with Crippen LogP contribution in [-0.4, -0.2) is 29.9 Å². The number of amides is 1. The first-order valence-corrected chi connectivity index (χ1v) is 8.57. The number of benzene rings is 1. The molecule has 2 unspecified atom stereocenters. The Kier molecular flexibility index (Phi) is 5.64. The molecule has 110 valence electrons. The van der Waals surface area contributed by atoms with Gasteiger partial charge in [-0.1, -0.05) is 37.9 Å². The molecule has 1 heterocycles. The molecule has 1 amide bonds. The van der Waals surface area contributed by atoms with Gasteiger partial charge in [-0.25, -0.2) is 0 Å². The van der Waals surface area contributed by atoms with Crippen molar-refractivity contribution in [2.75, 3.05) is 13.1 Å². The zero-order chi connectivity index (χ0) is 14.7. The van der Waals surface area contributed by atoms with Crippen molar-refractivity contribution in [3.63, 3.8) is 0 Å². The monoisotopic (exact) mass is 402 g/mol. The SMILES string of the molecule is CC(NC(C)c1ccc(Br)cc1Br)C(=O)N1CCCC1. The fraction of sp³-hybridized carbons (Fsp3) is 0.533. The Morgan fingerprint density at radius 2 is 1.90 bits per heavy atom. The lowest BCUT2D eigenvalue weighted by Gasteiger charge is -2.25. The van der Waals surface area contributed by atoms with Gasteiger partial charge in [-0.05, 0) is 44.4 Å². The number of likely N-dealkylation sites (tertiary alicyclic amines) is 1. The number of halogens is 2. The highest BCUT2D eigenvalue weighted by Crippen LogP contribution is 2.27. The first-order valence-electron chi connectivity index (χ1n) is 6.99. The normalized spacial score (nSPS) is 18.1. The van der Waals surface area contributed by atoms with E-state index in [1.807, 2.05) is 24.0 Å². The highest BCUT2D eigenvalue weighted by atomic mass is 79.9. The lowest BCUT2D eigenvalue weighted by molar-refractivity contribution is -0.132. The Labute approximate surface area is 137 Å². The molecule has 1 aromatic rings. The van der Waals surface area contributed by atoms with Crippen LogP contribution in [0, 0.1) is 0 Å². The van der Waals surface area contributed by atoms with Crippen LogP contribution >= 0.6 is 31.9 Å². The molecule has 1 aromatic carbocycles. The van der Waals surface area contributed by atoms with Crippen LogP contribution in [0.2, 0.25) is 0 Å². The van der Waals surface area contributed by atoms with Crippen LogP contribution in [0.15, 0.2) is 27.1 Å². The summed E-state index contributed by atoms with van der Waals surface area (Å²) in [6.45, 7) is 5.84. The van der Waals surface area contributed by atoms with Crippen LogP contribution in [-0.2, 0) is 4.79 Å². The van der Waals surface area contributed by atoms with Crippen molar-refractivity contribution in [2.45, 2.75) is 38.8 Å². The van der Waals surface area contributed by atoms with E-state index in [0.717, 1.165) is 40.4 Å². The summed E-state index contributed by atoms with van der Waals surface area (Å²) in [5.41, 5.74) is 1.16. The highest BCUT2D eigenvalue weighted by molar-refractivity contribution is 9.11. The van der Waals surface area contributed by atoms with Crippen molar-refractivity contribution in [3.05, 3.63) is 32.7 Å². The number of carbonyl (C=O) groups is 1. The number of hydrogen-bond acceptors (Lipinski definition) is 2. The van der Waals surface area contributed by atoms with Gasteiger partial charge in [0.1, 0.15) is 0 Å². The number of rotatable bonds is 4. The standard InChI is InChI=1S/C15H20Br2N2O/c1-10(13-6-5-12(16)9-14(13)17)18-11(2)15(20)19-7-3-4-8-19/h5-6,9-11,18H,3-4,7-8H2,1-2H3. The summed E-state index contributed by atoms with van der Waals surface area (Å²) < 4.78 is 2.09. The van der Waals surface area contributed by atoms with Crippen molar-refractivity contribution in [1.82, 2.24) is 10.2 Å². The molecule has 1 saturated heterocycles. The summed E-state index contributed by atoms with van der Waals surface area (Å²) in [4.78, 5) is 14.3. The average Bonchev–Trinajstić information content (AvgIpc) is 2.91. The van der Waals surface area contributed by atoms with E-state index in [0.29, 0.717) is 0 Å². The molecular formula is C15H20Br2N2O. The zero-order valence-electron chi connectivity index (χ0n) is 11.8. The smallest absolute Gasteiger partial charge is 0.239 e. The summed E-state index contributed by atoms with van der Waals surface area (Å²) in [6.07, 6.45) is 2.26. The third-order valence-electron chi connectivity index (χ3n) is 3.72. The van der Waals surface area contributed by atoms with Gasteiger partial charge in [0.2, 0.25) is 5.91 Å². The van der Waals surface area contributed by atoms with Crippen molar-refractivity contribution in [1.29, 1.82) is 0 Å². The van der Waals surface area contributed by atoms with Crippen LogP contribution in [0.1, 0.15) is 38.3 Å². The second-order valence-corrected chi connectivity index (χ2v) is 7.08. The maximum Gasteiger partial charge on any atom is 0.239 e. The predicted molar refractivity (Wildman–Crippen MR) is 88.7 cm³/mol. The zero-order valence-corrected chi connectivity index (χ0v) is 15.0. The molecule has 2 rings (SSSR count). The molecule has 0 saturated carbocycles. The maximum absolute atomic E-state index is 12.3. The molecule has 20 heavy (non-hydrogen) atoms. The minimum atomic E-state index is -0.154. The minimum Gasteiger partial charge on any atom is -0.341 e. The molecule has 0 aliphatic carbocycles. The fourth-order valence-corrected chi connectivity index (χ4v) is 3.99. The molecule has 2 atom stereocenters. The highest BCUT2D eigenvalue weighted by Gasteiger charge is 2.24. The average molecular weight is 404 g/mol. The first-order chi connectivity index (χ1) is 9.49. The second-order valence-electron chi connectivity index (χ2n) is 5.31. The van der Waals surface area contributed by atoms with Crippen molar-refractivity contribution < 1.29 is 4.79 Å². The van der Waals surface area contributed by atoms with E-state index in [4.69, 9.17) is 0 Å². The third-order valence-corrected chi connectivity index (χ3v) is 4.90. The van der Waals surface area contributed by atoms with Gasteiger partial charge >= 0.3 is 0 Å². The van der Waals surface area contributed by atoms with E-state index in [1.165, 1.54) is 0 Å². The van der Waals surface area contributed by atoms with Gasteiger partial charge in [0.25, 0.3) is 0 Å². The molecule has 0 bridgehead atoms. The van der Waals surface area contributed by atoms with Crippen LogP contribution in [0.3, 0.4) is 0 Å². The first kappa shape index (κ1) is 16.0. The van der Waals surface area contributed by atoms with Gasteiger partial charge < -0.3 is 4.90 Å². The number of nitrogens with zero attached hydrogens (tertiary/aromatic N) is 1. The second kappa shape index (κ2) is 7.05. The third kappa shape index (κ3) is 3.83. The predicted octanol–water partition coefficient (Wildman–Crippen LogP) is 3.87. The Morgan fingerprint density at radius 3 is 2.50 bits per heavy atom. The summed E-state index contributed by atoms with van der Waals surface area (Å²) in [5, 5.41) is 3.40. The molecule has 1 aliphatic rings. The Bertz CT molecular complexity index is 487. The summed E-state index contributed by atoms with van der Waals surface area (Å²) in [6, 6.07) is 6.09. The fourth-order valence-electron chi connectivity index (χ4n) is 2.60. The van der Waals surface area contributed by atoms with E-state index >= 15 is 0 Å². The Morgan fingerprint density at radius 1 is 1.25 bits per heavy atom. The summed E-state index contributed by atoms with van der Waals surface area (Å²) in [5.74, 6) is 0.211. The van der Waals surface area contributed by atoms with Gasteiger partial charge in [-0.2, -0.15) is 0 Å². The van der Waals surface area contributed by atoms with Gasteiger partial charge in [-0.15, -0.1) is 0 Å². The Balaban J connectivity index is 1.99. The molecular weight excluding hydrogens is 384 g/mol. The van der Waals surface area contributed by atoms with Crippen LogP contribution in [0.5, 0.6) is 0 Å². The van der Waals surface area contributed by atoms with E-state index < -0.39 is 0 Å². The van der Waals surface area contributed by atoms with Gasteiger partial charge in [0, 0.05) is 28.1 Å². The quantitative estimate of drug-likeness (QED) is 0.827. The molecule has 1 N–H and O–H groups in total. The summed E-state index contributed by atoms with van der Waals surface area (Å²) in [7, 11) is 0. The number of carbonyl (C=O) groups excluding carboxylic acids is 1. The van der Waals surface area contributed by atoms with Crippen LogP contribution in [0.4, 0.5) is 0 Å². The lowest BCUT2D eigenvalue weighted by Crippen LogP contribution is -2.44. The van der Waals surface area contributed by atoms with E-state index in [2.05, 4.69) is 50.2 Å². The van der Waals surface area contributed by atoms with Crippen molar-refractivity contribution >= 4 is 37.8 Å². The summed E-state index contributed by atoms with van der Waals surface area (Å²) >= 11 is 7.03. The molecule has 1 fully saturated rings. The van der Waals surface area contributed by atoms with Gasteiger partial charge in [-0.3, -0.25) is 10.1 Å². The van der Waals surface area contributed by atoms with Crippen molar-refractivity contribution in [3.8, 4) is 0 Å². The minimum absolute atomic E-state index is 0.124. The van der Waals surface area contributed by atoms with Gasteiger partial charge in [0.05, 0.1) is 6.04 Å². The largest absolute Gasteiger partial charge is 0.341 e. The van der Waals surface area contributed by atoms with E-state index in [-0.39, 0.29) is 18.0 Å². The molecule has 3 nitrogen and oxygen atoms in total. The number of nitrogens with one attached hydrogen (secondary N) is 1. The van der Waals surface area contributed by atoms with Gasteiger partial charge in [0.15, 0.2) is 0 Å². The topological polar surface area (TPSA) is 32.3 Å². The Hall–Kier alpha value is -0.390. The van der Waals surface area contributed by atoms with E-state index in [1.54, 1.807) is 0 Å². The maximum atomic E-state index is 12.3. The molecule has 1 aliphatic heterocycles. The molecule has 0 spiro atoms. The lowest BCUT2D eigenvalue weighted by atomic mass is 10.1. The van der Waals surface area contributed by atoms with Crippen molar-refractivity contribution in [2.24, 2.45) is 0 Å². The van der Waals surface area contributed by atoms with E-state index in [9.17, 15) is 4.79 Å². The molecule has 0 radical (unpaired) electrons. The number of hydrogen-bond donors (Lipinski definition) is 1. The van der Waals surface area contributed by atoms with Crippen LogP contribution in [0.25, 0.3) is 0 Å². The van der Waals surface area contributed by atoms with Crippen LogP contribution < -0.4 is 5.32 Å². The molecule has 5 heteroatoms. The molecule has 0 aromatic heterocycles.